The van der Waals surface area contributed by atoms with E-state index in [1.807, 2.05) is 99.3 Å². The molecule has 1 aliphatic heterocycles. The van der Waals surface area contributed by atoms with Gasteiger partial charge in [0.25, 0.3) is 0 Å². The van der Waals surface area contributed by atoms with Gasteiger partial charge in [0.05, 0.1) is 48.7 Å². The Balaban J connectivity index is 1.47. The van der Waals surface area contributed by atoms with E-state index < -0.39 is 36.3 Å². The van der Waals surface area contributed by atoms with E-state index in [0.717, 1.165) is 29.0 Å². The molecule has 2 heterocycles. The summed E-state index contributed by atoms with van der Waals surface area (Å²) in [5, 5.41) is 18.8. The van der Waals surface area contributed by atoms with Crippen molar-refractivity contribution in [3.05, 3.63) is 82.3 Å². The molecule has 9 unspecified atom stereocenters. The molecule has 0 spiro atoms. The van der Waals surface area contributed by atoms with Crippen molar-refractivity contribution in [2.75, 3.05) is 41.4 Å². The number of nitrogens with one attached hydrogen (secondary N) is 2. The van der Waals surface area contributed by atoms with Crippen molar-refractivity contribution in [3.63, 3.8) is 0 Å². The molecule has 348 valence electrons. The van der Waals surface area contributed by atoms with Crippen molar-refractivity contribution in [1.29, 1.82) is 0 Å². The number of aromatic nitrogens is 1. The number of carbonyl (C=O) groups is 4. The zero-order valence-electron chi connectivity index (χ0n) is 39.5. The first kappa shape index (κ1) is 51.3. The molecular weight excluding hydrogens is 817 g/mol. The van der Waals surface area contributed by atoms with Crippen LogP contribution in [0.3, 0.4) is 0 Å². The summed E-state index contributed by atoms with van der Waals surface area (Å²) in [6, 6.07) is 14.7. The number of amides is 4. The molecule has 13 nitrogen and oxygen atoms in total. The van der Waals surface area contributed by atoms with Gasteiger partial charge in [0.15, 0.2) is 0 Å². The molecule has 4 rings (SSSR count). The predicted octanol–water partition coefficient (Wildman–Crippen LogP) is 6.51. The highest BCUT2D eigenvalue weighted by Gasteiger charge is 2.43. The molecule has 0 aliphatic carbocycles. The topological polar surface area (TPSA) is 154 Å². The number of hydrogen-bond acceptors (Lipinski definition) is 10. The van der Waals surface area contributed by atoms with Gasteiger partial charge < -0.3 is 35.0 Å². The normalized spacial score (nSPS) is 18.1. The second-order valence-corrected chi connectivity index (χ2v) is 19.0. The molecule has 1 fully saturated rings. The summed E-state index contributed by atoms with van der Waals surface area (Å²) in [6.45, 7) is 14.9. The summed E-state index contributed by atoms with van der Waals surface area (Å²) >= 11 is 1.50. The van der Waals surface area contributed by atoms with Crippen molar-refractivity contribution >= 4 is 35.0 Å². The Bertz CT molecular complexity index is 1860. The summed E-state index contributed by atoms with van der Waals surface area (Å²) < 4.78 is 12.2. The minimum Gasteiger partial charge on any atom is -0.508 e. The van der Waals surface area contributed by atoms with Gasteiger partial charge in [0.1, 0.15) is 16.8 Å². The fourth-order valence-corrected chi connectivity index (χ4v) is 9.85. The molecule has 1 aromatic heterocycles. The van der Waals surface area contributed by atoms with Crippen LogP contribution in [0.2, 0.25) is 0 Å². The minimum absolute atomic E-state index is 0.0276. The fourth-order valence-electron chi connectivity index (χ4n) is 9.16. The number of nitrogens with zero attached hydrogens (tertiary/aromatic N) is 4. The SMILES string of the molecule is CCC(C)C(C(CC(=O)N1CCCC1C(OC)C(C)C(=O)NC(Cc1ccccc1)c1nccs1)OC)N(C)C(=O)C(NC(=O)C(C(C)C)N(C)CCc1ccc(O)cc1)C(C)C. The number of carbonyl (C=O) groups excluding carboxylic acids is 4. The minimum atomic E-state index is -0.810. The molecule has 63 heavy (non-hydrogen) atoms. The third-order valence-corrected chi connectivity index (χ3v) is 13.8. The van der Waals surface area contributed by atoms with Crippen molar-refractivity contribution in [2.45, 2.75) is 129 Å². The van der Waals surface area contributed by atoms with Gasteiger partial charge in [-0.15, -0.1) is 11.3 Å². The number of phenols is 1. The van der Waals surface area contributed by atoms with E-state index >= 15 is 0 Å². The maximum absolute atomic E-state index is 14.6. The molecule has 3 N–H and O–H groups in total. The van der Waals surface area contributed by atoms with Crippen LogP contribution in [0.1, 0.15) is 96.3 Å². The average Bonchev–Trinajstić information content (AvgIpc) is 3.99. The van der Waals surface area contributed by atoms with Gasteiger partial charge in [-0.25, -0.2) is 4.98 Å². The maximum Gasteiger partial charge on any atom is 0.245 e. The van der Waals surface area contributed by atoms with Gasteiger partial charge in [-0.3, -0.25) is 24.1 Å². The highest BCUT2D eigenvalue weighted by Crippen LogP contribution is 2.31. The van der Waals surface area contributed by atoms with Crippen LogP contribution in [0.5, 0.6) is 5.75 Å². The summed E-state index contributed by atoms with van der Waals surface area (Å²) in [6.07, 6.45) is 4.04. The van der Waals surface area contributed by atoms with Crippen molar-refractivity contribution in [3.8, 4) is 5.75 Å². The molecule has 0 radical (unpaired) electrons. The second kappa shape index (κ2) is 24.6. The molecule has 0 bridgehead atoms. The number of rotatable bonds is 24. The molecule has 3 aromatic rings. The maximum atomic E-state index is 14.6. The molecule has 14 heteroatoms. The van der Waals surface area contributed by atoms with Crippen LogP contribution >= 0.6 is 11.3 Å². The molecular formula is C49H74N6O7S. The Hall–Kier alpha value is -4.37. The Morgan fingerprint density at radius 2 is 1.59 bits per heavy atom. The monoisotopic (exact) mass is 891 g/mol. The first-order valence-electron chi connectivity index (χ1n) is 22.7. The number of methoxy groups -OCH3 is 2. The number of hydrogen-bond donors (Lipinski definition) is 3. The zero-order valence-corrected chi connectivity index (χ0v) is 40.3. The number of phenolic OH excluding ortho intramolecular Hbond substituents is 1. The largest absolute Gasteiger partial charge is 0.508 e. The number of likely N-dealkylation sites (N-methyl/N-ethyl adjacent to an activating group) is 2. The lowest BCUT2D eigenvalue weighted by Gasteiger charge is -2.41. The summed E-state index contributed by atoms with van der Waals surface area (Å²) in [7, 11) is 6.84. The summed E-state index contributed by atoms with van der Waals surface area (Å²) in [5.74, 6) is -1.41. The smallest absolute Gasteiger partial charge is 0.245 e. The van der Waals surface area contributed by atoms with Crippen molar-refractivity contribution in [2.24, 2.45) is 23.7 Å². The van der Waals surface area contributed by atoms with Gasteiger partial charge in [-0.1, -0.05) is 97.4 Å². The standard InChI is InChI=1S/C49H74N6O7S/c1-12-33(6)44(54(9)49(60)42(31(2)3)52-47(59)43(32(4)5)53(8)27-24-35-20-22-37(56)23-21-35)40(61-10)30-41(57)55-26-16-19-39(55)45(62-11)34(7)46(58)51-38(48-50-25-28-63-48)29-36-17-14-13-15-18-36/h13-15,17-18,20-23,25,28,31-34,38-40,42-45,56H,12,16,19,24,26-27,29-30H2,1-11H3,(H,51,58)(H,52,59). The van der Waals surface area contributed by atoms with Gasteiger partial charge in [0, 0.05) is 45.9 Å². The van der Waals surface area contributed by atoms with Crippen LogP contribution in [0, 0.1) is 23.7 Å². The number of likely N-dealkylation sites (tertiary alicyclic amines) is 1. The van der Waals surface area contributed by atoms with Crippen LogP contribution in [0.15, 0.2) is 66.2 Å². The number of benzene rings is 2. The van der Waals surface area contributed by atoms with E-state index in [4.69, 9.17) is 9.47 Å². The van der Waals surface area contributed by atoms with E-state index in [9.17, 15) is 24.3 Å². The quantitative estimate of drug-likeness (QED) is 0.0915. The predicted molar refractivity (Wildman–Crippen MR) is 249 cm³/mol. The first-order valence-corrected chi connectivity index (χ1v) is 23.5. The highest BCUT2D eigenvalue weighted by molar-refractivity contribution is 7.09. The summed E-state index contributed by atoms with van der Waals surface area (Å²) in [4.78, 5) is 67.1. The van der Waals surface area contributed by atoms with Gasteiger partial charge >= 0.3 is 0 Å². The fraction of sp³-hybridized carbons (Fsp3) is 0.612. The molecule has 1 aliphatic rings. The third-order valence-electron chi connectivity index (χ3n) is 12.9. The van der Waals surface area contributed by atoms with Gasteiger partial charge in [0.2, 0.25) is 23.6 Å². The Kier molecular flexibility index (Phi) is 20.0. The number of aromatic hydroxyl groups is 1. The van der Waals surface area contributed by atoms with Crippen molar-refractivity contribution in [1.82, 2.24) is 30.3 Å². The van der Waals surface area contributed by atoms with E-state index in [2.05, 4.69) is 29.5 Å². The molecule has 9 atom stereocenters. The zero-order chi connectivity index (χ0) is 46.4. The van der Waals surface area contributed by atoms with Crippen LogP contribution < -0.4 is 10.6 Å². The van der Waals surface area contributed by atoms with Crippen LogP contribution in [0.4, 0.5) is 0 Å². The van der Waals surface area contributed by atoms with Crippen LogP contribution in [0.25, 0.3) is 0 Å². The van der Waals surface area contributed by atoms with E-state index in [-0.39, 0.29) is 65.6 Å². The highest BCUT2D eigenvalue weighted by atomic mass is 32.1. The molecule has 1 saturated heterocycles. The van der Waals surface area contributed by atoms with E-state index in [0.29, 0.717) is 32.4 Å². The van der Waals surface area contributed by atoms with Crippen LogP contribution in [-0.2, 0) is 41.5 Å². The lowest BCUT2D eigenvalue weighted by Crippen LogP contribution is -2.60. The van der Waals surface area contributed by atoms with E-state index in [1.54, 1.807) is 44.5 Å². The van der Waals surface area contributed by atoms with Crippen molar-refractivity contribution < 1.29 is 33.8 Å². The number of ether oxygens (including phenoxy) is 2. The lowest BCUT2D eigenvalue weighted by atomic mass is 9.89. The molecule has 2 aromatic carbocycles. The first-order chi connectivity index (χ1) is 30.0. The number of thiazole rings is 1. The van der Waals surface area contributed by atoms with Crippen LogP contribution in [-0.4, -0.2) is 126 Å². The van der Waals surface area contributed by atoms with Gasteiger partial charge in [-0.2, -0.15) is 0 Å². The Labute approximate surface area is 380 Å². The van der Waals surface area contributed by atoms with E-state index in [1.165, 1.54) is 11.3 Å². The average molecular weight is 891 g/mol. The Morgan fingerprint density at radius 1 is 0.905 bits per heavy atom. The third kappa shape index (κ3) is 13.8. The Morgan fingerprint density at radius 3 is 2.16 bits per heavy atom. The molecule has 0 saturated carbocycles. The second-order valence-electron chi connectivity index (χ2n) is 18.0. The molecule has 4 amide bonds. The van der Waals surface area contributed by atoms with Gasteiger partial charge in [-0.05, 0) is 73.7 Å². The lowest BCUT2D eigenvalue weighted by molar-refractivity contribution is -0.148. The summed E-state index contributed by atoms with van der Waals surface area (Å²) in [5.41, 5.74) is 2.14.